The van der Waals surface area contributed by atoms with E-state index in [1.807, 2.05) is 18.2 Å². The highest BCUT2D eigenvalue weighted by Gasteiger charge is 2.26. The van der Waals surface area contributed by atoms with Crippen LogP contribution < -0.4 is 9.80 Å². The summed E-state index contributed by atoms with van der Waals surface area (Å²) < 4.78 is 0. The molecule has 2 aliphatic rings. The highest BCUT2D eigenvalue weighted by Crippen LogP contribution is 2.34. The fourth-order valence-electron chi connectivity index (χ4n) is 3.63. The zero-order valence-electron chi connectivity index (χ0n) is 16.3. The Kier molecular flexibility index (Phi) is 6.40. The van der Waals surface area contributed by atoms with Gasteiger partial charge in [0.2, 0.25) is 0 Å². The highest BCUT2D eigenvalue weighted by molar-refractivity contribution is 8.04. The number of rotatable bonds is 3. The summed E-state index contributed by atoms with van der Waals surface area (Å²) in [4.78, 5) is 20.5. The molecule has 0 aromatic heterocycles. The molecule has 7 heteroatoms. The van der Waals surface area contributed by atoms with Gasteiger partial charge in [-0.3, -0.25) is 4.79 Å². The zero-order valence-corrected chi connectivity index (χ0v) is 18.6. The summed E-state index contributed by atoms with van der Waals surface area (Å²) in [5.41, 5.74) is 3.06. The number of amides is 1. The van der Waals surface area contributed by atoms with Crippen LogP contribution in [0.3, 0.4) is 0 Å². The molecule has 4 nitrogen and oxygen atoms in total. The Hall–Kier alpha value is -1.66. The summed E-state index contributed by atoms with van der Waals surface area (Å²) in [7, 11) is 2.15. The second kappa shape index (κ2) is 9.00. The molecule has 152 valence electrons. The van der Waals surface area contributed by atoms with Crippen molar-refractivity contribution in [1.82, 2.24) is 4.90 Å². The van der Waals surface area contributed by atoms with Gasteiger partial charge in [-0.15, -0.1) is 11.8 Å². The Labute approximate surface area is 186 Å². The van der Waals surface area contributed by atoms with Crippen molar-refractivity contribution in [2.75, 3.05) is 55.3 Å². The van der Waals surface area contributed by atoms with Crippen LogP contribution in [0.15, 0.2) is 47.4 Å². The summed E-state index contributed by atoms with van der Waals surface area (Å²) in [6.07, 6.45) is 2.03. The molecule has 0 aliphatic carbocycles. The number of para-hydroxylation sites is 1. The van der Waals surface area contributed by atoms with Crippen LogP contribution in [0.2, 0.25) is 10.0 Å². The molecule has 0 spiro atoms. The Bertz CT molecular complexity index is 941. The third-order valence-corrected chi connectivity index (χ3v) is 7.04. The largest absolute Gasteiger partial charge is 0.368 e. The molecular weight excluding hydrogens is 425 g/mol. The lowest BCUT2D eigenvalue weighted by molar-refractivity contribution is -0.114. The molecule has 0 bridgehead atoms. The molecule has 2 saturated heterocycles. The number of piperazine rings is 1. The monoisotopic (exact) mass is 447 g/mol. The van der Waals surface area contributed by atoms with Gasteiger partial charge in [0.15, 0.2) is 0 Å². The molecule has 29 heavy (non-hydrogen) atoms. The molecule has 2 aliphatic heterocycles. The number of likely N-dealkylation sites (N-methyl/N-ethyl adjacent to an activating group) is 1. The Morgan fingerprint density at radius 2 is 1.72 bits per heavy atom. The van der Waals surface area contributed by atoms with E-state index in [1.165, 1.54) is 5.69 Å². The minimum absolute atomic E-state index is 0.00724. The molecule has 2 aromatic carbocycles. The molecule has 0 radical (unpaired) electrons. The third kappa shape index (κ3) is 4.58. The number of carbonyl (C=O) groups excluding carboxylic acids is 1. The fourth-order valence-corrected chi connectivity index (χ4v) is 4.86. The van der Waals surface area contributed by atoms with E-state index in [2.05, 4.69) is 35.0 Å². The summed E-state index contributed by atoms with van der Waals surface area (Å²) in [6.45, 7) is 4.73. The summed E-state index contributed by atoms with van der Waals surface area (Å²) >= 11 is 13.8. The average molecular weight is 448 g/mol. The van der Waals surface area contributed by atoms with Gasteiger partial charge in [0.05, 0.1) is 15.0 Å². The SMILES string of the molecule is CN1CCN(c2ccccc2/C=C2/SCCN(c3ccc(Cl)c(Cl)c3)C2=O)CC1. The van der Waals surface area contributed by atoms with E-state index in [0.29, 0.717) is 16.6 Å². The van der Waals surface area contributed by atoms with Gasteiger partial charge in [0.25, 0.3) is 5.91 Å². The Morgan fingerprint density at radius 1 is 0.966 bits per heavy atom. The number of carbonyl (C=O) groups is 1. The van der Waals surface area contributed by atoms with E-state index in [0.717, 1.165) is 48.1 Å². The minimum Gasteiger partial charge on any atom is -0.368 e. The molecule has 2 heterocycles. The molecule has 0 atom stereocenters. The maximum atomic E-state index is 13.2. The van der Waals surface area contributed by atoms with Crippen LogP contribution in [0.25, 0.3) is 6.08 Å². The van der Waals surface area contributed by atoms with Gasteiger partial charge < -0.3 is 14.7 Å². The van der Waals surface area contributed by atoms with E-state index >= 15 is 0 Å². The average Bonchev–Trinajstić information content (AvgIpc) is 2.73. The van der Waals surface area contributed by atoms with Crippen molar-refractivity contribution in [2.24, 2.45) is 0 Å². The van der Waals surface area contributed by atoms with Crippen LogP contribution in [0.1, 0.15) is 5.56 Å². The molecule has 1 amide bonds. The third-order valence-electron chi connectivity index (χ3n) is 5.31. The van der Waals surface area contributed by atoms with Gasteiger partial charge in [0.1, 0.15) is 0 Å². The van der Waals surface area contributed by atoms with E-state index in [9.17, 15) is 4.79 Å². The number of benzene rings is 2. The van der Waals surface area contributed by atoms with Gasteiger partial charge >= 0.3 is 0 Å². The summed E-state index contributed by atoms with van der Waals surface area (Å²) in [5.74, 6) is 0.849. The summed E-state index contributed by atoms with van der Waals surface area (Å²) in [6, 6.07) is 13.7. The maximum absolute atomic E-state index is 13.2. The van der Waals surface area contributed by atoms with Crippen LogP contribution in [-0.2, 0) is 4.79 Å². The number of anilines is 2. The number of halogens is 2. The van der Waals surface area contributed by atoms with E-state index in [1.54, 1.807) is 28.8 Å². The van der Waals surface area contributed by atoms with Crippen LogP contribution in [0.5, 0.6) is 0 Å². The van der Waals surface area contributed by atoms with Crippen molar-refractivity contribution in [3.8, 4) is 0 Å². The van der Waals surface area contributed by atoms with Gasteiger partial charge in [-0.25, -0.2) is 0 Å². The lowest BCUT2D eigenvalue weighted by Crippen LogP contribution is -2.44. The first-order chi connectivity index (χ1) is 14.0. The molecule has 0 unspecified atom stereocenters. The second-order valence-electron chi connectivity index (χ2n) is 7.26. The van der Waals surface area contributed by atoms with Crippen molar-refractivity contribution in [3.05, 3.63) is 63.0 Å². The molecule has 0 saturated carbocycles. The highest BCUT2D eigenvalue weighted by atomic mass is 35.5. The predicted molar refractivity (Wildman–Crippen MR) is 125 cm³/mol. The molecular formula is C22H23Cl2N3OS. The molecule has 4 rings (SSSR count). The zero-order chi connectivity index (χ0) is 20.4. The molecule has 2 fully saturated rings. The van der Waals surface area contributed by atoms with Crippen LogP contribution in [0.4, 0.5) is 11.4 Å². The van der Waals surface area contributed by atoms with Crippen LogP contribution in [0, 0.1) is 0 Å². The topological polar surface area (TPSA) is 26.8 Å². The van der Waals surface area contributed by atoms with E-state index < -0.39 is 0 Å². The first kappa shape index (κ1) is 20.6. The van der Waals surface area contributed by atoms with Crippen molar-refractivity contribution in [3.63, 3.8) is 0 Å². The quantitative estimate of drug-likeness (QED) is 0.627. The lowest BCUT2D eigenvalue weighted by Gasteiger charge is -2.35. The van der Waals surface area contributed by atoms with Crippen molar-refractivity contribution in [2.45, 2.75) is 0 Å². The van der Waals surface area contributed by atoms with Crippen molar-refractivity contribution in [1.29, 1.82) is 0 Å². The Balaban J connectivity index is 1.61. The first-order valence-electron chi connectivity index (χ1n) is 9.67. The predicted octanol–water partition coefficient (Wildman–Crippen LogP) is 4.87. The number of hydrogen-bond donors (Lipinski definition) is 0. The van der Waals surface area contributed by atoms with Crippen molar-refractivity contribution < 1.29 is 4.79 Å². The Morgan fingerprint density at radius 3 is 2.48 bits per heavy atom. The summed E-state index contributed by atoms with van der Waals surface area (Å²) in [5, 5.41) is 0.951. The van der Waals surface area contributed by atoms with Gasteiger partial charge in [-0.2, -0.15) is 0 Å². The van der Waals surface area contributed by atoms with Gasteiger partial charge in [-0.1, -0.05) is 41.4 Å². The first-order valence-corrected chi connectivity index (χ1v) is 11.4. The number of hydrogen-bond acceptors (Lipinski definition) is 4. The van der Waals surface area contributed by atoms with Gasteiger partial charge in [0, 0.05) is 49.9 Å². The molecule has 2 aromatic rings. The van der Waals surface area contributed by atoms with Crippen molar-refractivity contribution >= 4 is 58.3 Å². The second-order valence-corrected chi connectivity index (χ2v) is 9.21. The van der Waals surface area contributed by atoms with Crippen LogP contribution >= 0.6 is 35.0 Å². The standard InChI is InChI=1S/C22H23Cl2N3OS/c1-25-8-10-26(11-9-25)20-5-3-2-4-16(20)14-21-22(28)27(12-13-29-21)17-6-7-18(23)19(24)15-17/h2-7,14-15H,8-13H2,1H3/b21-14+. The number of nitrogens with zero attached hydrogens (tertiary/aromatic N) is 3. The normalized spacial score (nSPS) is 19.8. The van der Waals surface area contributed by atoms with Gasteiger partial charge in [-0.05, 0) is 43.0 Å². The lowest BCUT2D eigenvalue weighted by atomic mass is 10.1. The minimum atomic E-state index is 0.00724. The fraction of sp³-hybridized carbons (Fsp3) is 0.318. The van der Waals surface area contributed by atoms with Crippen LogP contribution in [-0.4, -0.2) is 56.3 Å². The molecule has 0 N–H and O–H groups in total. The van der Waals surface area contributed by atoms with E-state index in [-0.39, 0.29) is 5.91 Å². The van der Waals surface area contributed by atoms with E-state index in [4.69, 9.17) is 23.2 Å². The maximum Gasteiger partial charge on any atom is 0.264 e. The smallest absolute Gasteiger partial charge is 0.264 e. The number of thioether (sulfide) groups is 1.